The number of aromatic nitrogens is 2. The van der Waals surface area contributed by atoms with E-state index in [-0.39, 0.29) is 11.8 Å². The Morgan fingerprint density at radius 2 is 2.44 bits per heavy atom. The molecule has 5 heteroatoms. The fraction of sp³-hybridized carbons (Fsp3) is 0.636. The van der Waals surface area contributed by atoms with Gasteiger partial charge in [-0.15, -0.1) is 0 Å². The van der Waals surface area contributed by atoms with E-state index >= 15 is 0 Å². The van der Waals surface area contributed by atoms with E-state index < -0.39 is 6.10 Å². The molecule has 1 aliphatic rings. The number of β-amino-alcohol motifs (C(OH)–C–C–N with tert-alkyl or cyclic N) is 1. The minimum atomic E-state index is -0.419. The van der Waals surface area contributed by atoms with Gasteiger partial charge in [0.05, 0.1) is 6.10 Å². The smallest absolute Gasteiger partial charge is 0.274 e. The summed E-state index contributed by atoms with van der Waals surface area (Å²) in [5.41, 5.74) is 1.30. The highest BCUT2D eigenvalue weighted by atomic mass is 16.3. The molecule has 2 atom stereocenters. The molecule has 0 radical (unpaired) electrons. The van der Waals surface area contributed by atoms with Gasteiger partial charge in [0.2, 0.25) is 0 Å². The molecule has 1 saturated heterocycles. The number of hydrogen-bond donors (Lipinski definition) is 2. The first-order valence-corrected chi connectivity index (χ1v) is 5.57. The monoisotopic (exact) mass is 223 g/mol. The van der Waals surface area contributed by atoms with Gasteiger partial charge in [0.1, 0.15) is 5.69 Å². The molecule has 2 unspecified atom stereocenters. The normalized spacial score (nSPS) is 25.8. The number of likely N-dealkylation sites (tertiary alicyclic amines) is 1. The molecule has 5 nitrogen and oxygen atoms in total. The van der Waals surface area contributed by atoms with Gasteiger partial charge in [-0.1, -0.05) is 6.92 Å². The molecular weight excluding hydrogens is 206 g/mol. The topological polar surface area (TPSA) is 69.2 Å². The number of carbonyl (C=O) groups is 1. The zero-order chi connectivity index (χ0) is 11.7. The summed E-state index contributed by atoms with van der Waals surface area (Å²) < 4.78 is 0. The third-order valence-electron chi connectivity index (χ3n) is 3.13. The number of amides is 1. The lowest BCUT2D eigenvalue weighted by molar-refractivity contribution is 0.0245. The molecule has 0 spiro atoms. The van der Waals surface area contributed by atoms with E-state index in [0.717, 1.165) is 12.1 Å². The number of H-pyrrole nitrogens is 1. The lowest BCUT2D eigenvalue weighted by Crippen LogP contribution is -2.45. The van der Waals surface area contributed by atoms with Crippen LogP contribution in [-0.4, -0.2) is 45.3 Å². The van der Waals surface area contributed by atoms with E-state index in [4.69, 9.17) is 0 Å². The minimum Gasteiger partial charge on any atom is -0.391 e. The van der Waals surface area contributed by atoms with Crippen molar-refractivity contribution in [1.29, 1.82) is 0 Å². The predicted molar refractivity (Wildman–Crippen MR) is 59.0 cm³/mol. The first-order chi connectivity index (χ1) is 7.58. The van der Waals surface area contributed by atoms with Crippen molar-refractivity contribution in [1.82, 2.24) is 15.1 Å². The summed E-state index contributed by atoms with van der Waals surface area (Å²) >= 11 is 0. The summed E-state index contributed by atoms with van der Waals surface area (Å²) in [6.45, 7) is 4.97. The number of carbonyl (C=O) groups excluding carboxylic acids is 1. The van der Waals surface area contributed by atoms with Crippen molar-refractivity contribution in [2.75, 3.05) is 13.1 Å². The third-order valence-corrected chi connectivity index (χ3v) is 3.13. The molecule has 1 amide bonds. The van der Waals surface area contributed by atoms with Gasteiger partial charge in [0, 0.05) is 18.8 Å². The number of aliphatic hydroxyl groups is 1. The van der Waals surface area contributed by atoms with E-state index in [0.29, 0.717) is 18.8 Å². The summed E-state index contributed by atoms with van der Waals surface area (Å²) in [6, 6.07) is 1.73. The number of piperidine rings is 1. The lowest BCUT2D eigenvalue weighted by atomic mass is 9.96. The van der Waals surface area contributed by atoms with Crippen LogP contribution in [0.2, 0.25) is 0 Å². The second-order valence-corrected chi connectivity index (χ2v) is 4.52. The highest BCUT2D eigenvalue weighted by molar-refractivity contribution is 5.92. The van der Waals surface area contributed by atoms with Crippen LogP contribution in [0.4, 0.5) is 0 Å². The maximum Gasteiger partial charge on any atom is 0.274 e. The van der Waals surface area contributed by atoms with Gasteiger partial charge in [0.25, 0.3) is 5.91 Å². The van der Waals surface area contributed by atoms with E-state index in [2.05, 4.69) is 10.2 Å². The molecule has 0 bridgehead atoms. The largest absolute Gasteiger partial charge is 0.391 e. The van der Waals surface area contributed by atoms with Gasteiger partial charge in [-0.2, -0.15) is 5.10 Å². The fourth-order valence-electron chi connectivity index (χ4n) is 1.92. The van der Waals surface area contributed by atoms with Crippen molar-refractivity contribution in [3.05, 3.63) is 17.5 Å². The molecule has 1 aliphatic heterocycles. The van der Waals surface area contributed by atoms with Crippen LogP contribution in [-0.2, 0) is 0 Å². The summed E-state index contributed by atoms with van der Waals surface area (Å²) in [5.74, 6) is 0.167. The maximum absolute atomic E-state index is 12.0. The second kappa shape index (κ2) is 4.25. The van der Waals surface area contributed by atoms with Crippen molar-refractivity contribution >= 4 is 5.91 Å². The quantitative estimate of drug-likeness (QED) is 0.731. The summed E-state index contributed by atoms with van der Waals surface area (Å²) in [4.78, 5) is 13.7. The van der Waals surface area contributed by atoms with Gasteiger partial charge in [0.15, 0.2) is 0 Å². The zero-order valence-electron chi connectivity index (χ0n) is 9.60. The van der Waals surface area contributed by atoms with E-state index in [1.165, 1.54) is 0 Å². The van der Waals surface area contributed by atoms with Crippen molar-refractivity contribution in [3.8, 4) is 0 Å². The number of hydrogen-bond acceptors (Lipinski definition) is 3. The SMILES string of the molecule is Cc1cc(C(=O)N2CCC(C)C(O)C2)n[nH]1. The van der Waals surface area contributed by atoms with Crippen LogP contribution in [0.1, 0.15) is 29.5 Å². The molecule has 1 aromatic heterocycles. The molecule has 1 fully saturated rings. The van der Waals surface area contributed by atoms with Crippen molar-refractivity contribution in [2.45, 2.75) is 26.4 Å². The number of nitrogens with zero attached hydrogens (tertiary/aromatic N) is 2. The van der Waals surface area contributed by atoms with Gasteiger partial charge >= 0.3 is 0 Å². The molecule has 88 valence electrons. The predicted octanol–water partition coefficient (Wildman–Crippen LogP) is 0.561. The number of aliphatic hydroxyl groups excluding tert-OH is 1. The lowest BCUT2D eigenvalue weighted by Gasteiger charge is -2.33. The Morgan fingerprint density at radius 1 is 1.69 bits per heavy atom. The Hall–Kier alpha value is -1.36. The highest BCUT2D eigenvalue weighted by Gasteiger charge is 2.28. The van der Waals surface area contributed by atoms with Gasteiger partial charge < -0.3 is 10.0 Å². The van der Waals surface area contributed by atoms with Crippen molar-refractivity contribution in [2.24, 2.45) is 5.92 Å². The van der Waals surface area contributed by atoms with Crippen molar-refractivity contribution in [3.63, 3.8) is 0 Å². The Morgan fingerprint density at radius 3 is 3.00 bits per heavy atom. The third kappa shape index (κ3) is 2.09. The van der Waals surface area contributed by atoms with Crippen LogP contribution in [0.3, 0.4) is 0 Å². The van der Waals surface area contributed by atoms with Gasteiger partial charge in [-0.05, 0) is 25.3 Å². The molecular formula is C11H17N3O2. The molecule has 1 aromatic rings. The average molecular weight is 223 g/mol. The highest BCUT2D eigenvalue weighted by Crippen LogP contribution is 2.18. The van der Waals surface area contributed by atoms with E-state index in [1.807, 2.05) is 13.8 Å². The van der Waals surface area contributed by atoms with Crippen LogP contribution in [0.25, 0.3) is 0 Å². The van der Waals surface area contributed by atoms with Gasteiger partial charge in [-0.25, -0.2) is 0 Å². The Balaban J connectivity index is 2.06. The molecule has 0 saturated carbocycles. The van der Waals surface area contributed by atoms with Crippen molar-refractivity contribution < 1.29 is 9.90 Å². The number of nitrogens with one attached hydrogen (secondary N) is 1. The molecule has 16 heavy (non-hydrogen) atoms. The summed E-state index contributed by atoms with van der Waals surface area (Å²) in [7, 11) is 0. The van der Waals surface area contributed by atoms with E-state index in [1.54, 1.807) is 11.0 Å². The fourth-order valence-corrected chi connectivity index (χ4v) is 1.92. The van der Waals surface area contributed by atoms with Crippen LogP contribution in [0, 0.1) is 12.8 Å². The van der Waals surface area contributed by atoms with Crippen LogP contribution in [0.5, 0.6) is 0 Å². The Labute approximate surface area is 94.5 Å². The minimum absolute atomic E-state index is 0.102. The summed E-state index contributed by atoms with van der Waals surface area (Å²) in [6.07, 6.45) is 0.425. The average Bonchev–Trinajstić information content (AvgIpc) is 2.68. The van der Waals surface area contributed by atoms with Gasteiger partial charge in [-0.3, -0.25) is 9.89 Å². The first-order valence-electron chi connectivity index (χ1n) is 5.57. The molecule has 2 heterocycles. The van der Waals surface area contributed by atoms with Crippen LogP contribution >= 0.6 is 0 Å². The molecule has 0 aliphatic carbocycles. The number of aryl methyl sites for hydroxylation is 1. The number of rotatable bonds is 1. The molecule has 0 aromatic carbocycles. The van der Waals surface area contributed by atoms with Crippen LogP contribution < -0.4 is 0 Å². The maximum atomic E-state index is 12.0. The van der Waals surface area contributed by atoms with E-state index in [9.17, 15) is 9.90 Å². The van der Waals surface area contributed by atoms with Crippen LogP contribution in [0.15, 0.2) is 6.07 Å². The number of aromatic amines is 1. The Kier molecular flexibility index (Phi) is 2.96. The summed E-state index contributed by atoms with van der Waals surface area (Å²) in [5, 5.41) is 16.4. The molecule has 2 N–H and O–H groups in total. The first kappa shape index (κ1) is 11.1. The zero-order valence-corrected chi connectivity index (χ0v) is 9.60. The molecule has 2 rings (SSSR count). The second-order valence-electron chi connectivity index (χ2n) is 4.52. The Bertz CT molecular complexity index is 388. The standard InChI is InChI=1S/C11H17N3O2/c1-7-3-4-14(6-10(7)15)11(16)9-5-8(2)12-13-9/h5,7,10,15H,3-4,6H2,1-2H3,(H,12,13).